The number of hydrogen-bond acceptors (Lipinski definition) is 4. The fourth-order valence-corrected chi connectivity index (χ4v) is 3.61. The monoisotopic (exact) mass is 286 g/mol. The van der Waals surface area contributed by atoms with E-state index >= 15 is 0 Å². The number of aromatic nitrogens is 2. The van der Waals surface area contributed by atoms with Crippen LogP contribution in [0.2, 0.25) is 0 Å². The third kappa shape index (κ3) is 3.55. The average Bonchev–Trinajstić information content (AvgIpc) is 3.07. The second kappa shape index (κ2) is 5.60. The van der Waals surface area contributed by atoms with Crippen LogP contribution in [0, 0.1) is 13.8 Å². The summed E-state index contributed by atoms with van der Waals surface area (Å²) < 4.78 is 28.7. The molecule has 0 aromatic carbocycles. The van der Waals surface area contributed by atoms with Gasteiger partial charge in [-0.1, -0.05) is 0 Å². The summed E-state index contributed by atoms with van der Waals surface area (Å²) >= 11 is 0. The highest BCUT2D eigenvalue weighted by Crippen LogP contribution is 2.19. The summed E-state index contributed by atoms with van der Waals surface area (Å²) in [6.45, 7) is 4.80. The van der Waals surface area contributed by atoms with E-state index in [2.05, 4.69) is 15.1 Å². The van der Waals surface area contributed by atoms with Crippen LogP contribution < -0.4 is 10.0 Å². The van der Waals surface area contributed by atoms with Crippen LogP contribution >= 0.6 is 0 Å². The van der Waals surface area contributed by atoms with Crippen molar-refractivity contribution >= 4 is 10.0 Å². The lowest BCUT2D eigenvalue weighted by atomic mass is 10.4. The molecule has 0 unspecified atom stereocenters. The van der Waals surface area contributed by atoms with E-state index in [1.165, 1.54) is 12.8 Å². The SMILES string of the molecule is Cc1nn(C)c(C)c1S(=O)(=O)NCCCNC1CC1. The average molecular weight is 286 g/mol. The highest BCUT2D eigenvalue weighted by Gasteiger charge is 2.23. The maximum absolute atomic E-state index is 12.2. The van der Waals surface area contributed by atoms with Crippen molar-refractivity contribution in [3.8, 4) is 0 Å². The Balaban J connectivity index is 1.89. The van der Waals surface area contributed by atoms with Gasteiger partial charge in [0.05, 0.1) is 11.4 Å². The summed E-state index contributed by atoms with van der Waals surface area (Å²) in [5, 5.41) is 7.50. The summed E-state index contributed by atoms with van der Waals surface area (Å²) in [4.78, 5) is 0.310. The van der Waals surface area contributed by atoms with Gasteiger partial charge in [-0.05, 0) is 39.7 Å². The van der Waals surface area contributed by atoms with Crippen LogP contribution in [0.5, 0.6) is 0 Å². The van der Waals surface area contributed by atoms with Crippen molar-refractivity contribution in [1.29, 1.82) is 0 Å². The smallest absolute Gasteiger partial charge is 0.244 e. The molecule has 0 radical (unpaired) electrons. The standard InChI is InChI=1S/C12H22N4O2S/c1-9-12(10(2)16(3)15-9)19(17,18)14-8-4-7-13-11-5-6-11/h11,13-14H,4-8H2,1-3H3. The molecule has 1 heterocycles. The Hall–Kier alpha value is -0.920. The van der Waals surface area contributed by atoms with Crippen LogP contribution in [-0.2, 0) is 17.1 Å². The van der Waals surface area contributed by atoms with Gasteiger partial charge in [-0.25, -0.2) is 13.1 Å². The van der Waals surface area contributed by atoms with Crippen LogP contribution in [0.4, 0.5) is 0 Å². The number of nitrogens with one attached hydrogen (secondary N) is 2. The topological polar surface area (TPSA) is 76.0 Å². The molecule has 2 N–H and O–H groups in total. The Bertz CT molecular complexity index is 546. The van der Waals surface area contributed by atoms with Crippen molar-refractivity contribution in [3.05, 3.63) is 11.4 Å². The van der Waals surface area contributed by atoms with Crippen molar-refractivity contribution in [2.75, 3.05) is 13.1 Å². The molecule has 7 heteroatoms. The van der Waals surface area contributed by atoms with E-state index in [-0.39, 0.29) is 0 Å². The lowest BCUT2D eigenvalue weighted by molar-refractivity contribution is 0.572. The predicted octanol–water partition coefficient (Wildman–Crippen LogP) is 0.457. The van der Waals surface area contributed by atoms with Gasteiger partial charge in [0.1, 0.15) is 4.90 Å². The summed E-state index contributed by atoms with van der Waals surface area (Å²) in [5.41, 5.74) is 1.21. The molecular formula is C12H22N4O2S. The maximum Gasteiger partial charge on any atom is 0.244 e. The molecule has 1 aromatic heterocycles. The molecule has 0 aliphatic heterocycles. The van der Waals surface area contributed by atoms with Gasteiger partial charge in [-0.3, -0.25) is 4.68 Å². The first kappa shape index (κ1) is 14.5. The Morgan fingerprint density at radius 2 is 2.00 bits per heavy atom. The van der Waals surface area contributed by atoms with E-state index in [9.17, 15) is 8.42 Å². The first-order chi connectivity index (χ1) is 8.92. The van der Waals surface area contributed by atoms with Crippen molar-refractivity contribution in [1.82, 2.24) is 19.8 Å². The molecule has 19 heavy (non-hydrogen) atoms. The third-order valence-electron chi connectivity index (χ3n) is 3.37. The fraction of sp³-hybridized carbons (Fsp3) is 0.750. The minimum Gasteiger partial charge on any atom is -0.314 e. The second-order valence-electron chi connectivity index (χ2n) is 5.10. The van der Waals surface area contributed by atoms with Gasteiger partial charge in [-0.2, -0.15) is 5.10 Å². The molecule has 1 fully saturated rings. The van der Waals surface area contributed by atoms with Gasteiger partial charge in [0.15, 0.2) is 0 Å². The molecule has 0 bridgehead atoms. The number of rotatable bonds is 7. The molecular weight excluding hydrogens is 264 g/mol. The van der Waals surface area contributed by atoms with E-state index in [4.69, 9.17) is 0 Å². The Kier molecular flexibility index (Phi) is 4.27. The largest absolute Gasteiger partial charge is 0.314 e. The zero-order chi connectivity index (χ0) is 14.0. The molecule has 1 aliphatic carbocycles. The van der Waals surface area contributed by atoms with E-state index in [0.29, 0.717) is 28.9 Å². The van der Waals surface area contributed by atoms with E-state index < -0.39 is 10.0 Å². The normalized spacial score (nSPS) is 15.9. The summed E-state index contributed by atoms with van der Waals surface area (Å²) in [6.07, 6.45) is 3.30. The van der Waals surface area contributed by atoms with E-state index in [0.717, 1.165) is 13.0 Å². The van der Waals surface area contributed by atoms with Gasteiger partial charge < -0.3 is 5.32 Å². The van der Waals surface area contributed by atoms with Crippen LogP contribution in [0.1, 0.15) is 30.7 Å². The van der Waals surface area contributed by atoms with Gasteiger partial charge in [0.2, 0.25) is 10.0 Å². The van der Waals surface area contributed by atoms with Gasteiger partial charge in [-0.15, -0.1) is 0 Å². The fourth-order valence-electron chi connectivity index (χ4n) is 2.10. The first-order valence-electron chi connectivity index (χ1n) is 6.65. The maximum atomic E-state index is 12.2. The minimum atomic E-state index is -3.45. The van der Waals surface area contributed by atoms with Gasteiger partial charge in [0, 0.05) is 19.6 Å². The van der Waals surface area contributed by atoms with Crippen LogP contribution in [0.3, 0.4) is 0 Å². The van der Waals surface area contributed by atoms with Crippen LogP contribution in [0.25, 0.3) is 0 Å². The molecule has 2 rings (SSSR count). The zero-order valence-corrected chi connectivity index (χ0v) is 12.5. The van der Waals surface area contributed by atoms with Gasteiger partial charge in [0.25, 0.3) is 0 Å². The Morgan fingerprint density at radius 3 is 2.53 bits per heavy atom. The highest BCUT2D eigenvalue weighted by molar-refractivity contribution is 7.89. The van der Waals surface area contributed by atoms with E-state index in [1.807, 2.05) is 0 Å². The quantitative estimate of drug-likeness (QED) is 0.714. The Morgan fingerprint density at radius 1 is 1.32 bits per heavy atom. The number of aryl methyl sites for hydroxylation is 2. The lowest BCUT2D eigenvalue weighted by Gasteiger charge is -2.07. The summed E-state index contributed by atoms with van der Waals surface area (Å²) in [6, 6.07) is 0.666. The molecule has 0 amide bonds. The Labute approximate surface area is 114 Å². The van der Waals surface area contributed by atoms with Crippen LogP contribution in [-0.4, -0.2) is 37.3 Å². The van der Waals surface area contributed by atoms with E-state index in [1.54, 1.807) is 25.6 Å². The lowest BCUT2D eigenvalue weighted by Crippen LogP contribution is -2.28. The van der Waals surface area contributed by atoms with Gasteiger partial charge >= 0.3 is 0 Å². The molecule has 1 aliphatic rings. The first-order valence-corrected chi connectivity index (χ1v) is 8.13. The van der Waals surface area contributed by atoms with Crippen molar-refractivity contribution < 1.29 is 8.42 Å². The molecule has 1 saturated carbocycles. The highest BCUT2D eigenvalue weighted by atomic mass is 32.2. The van der Waals surface area contributed by atoms with Crippen molar-refractivity contribution in [2.45, 2.75) is 44.0 Å². The molecule has 0 saturated heterocycles. The molecule has 1 aromatic rings. The minimum absolute atomic E-state index is 0.310. The second-order valence-corrected chi connectivity index (χ2v) is 6.81. The van der Waals surface area contributed by atoms with Crippen LogP contribution in [0.15, 0.2) is 4.90 Å². The third-order valence-corrected chi connectivity index (χ3v) is 5.08. The molecule has 6 nitrogen and oxygen atoms in total. The number of hydrogen-bond donors (Lipinski definition) is 2. The van der Waals surface area contributed by atoms with Crippen molar-refractivity contribution in [2.24, 2.45) is 7.05 Å². The number of nitrogens with zero attached hydrogens (tertiary/aromatic N) is 2. The summed E-state index contributed by atoms with van der Waals surface area (Å²) in [7, 11) is -1.70. The molecule has 108 valence electrons. The zero-order valence-electron chi connectivity index (χ0n) is 11.7. The summed E-state index contributed by atoms with van der Waals surface area (Å²) in [5.74, 6) is 0. The molecule has 0 spiro atoms. The predicted molar refractivity (Wildman–Crippen MR) is 73.5 cm³/mol. The number of sulfonamides is 1. The van der Waals surface area contributed by atoms with Crippen molar-refractivity contribution in [3.63, 3.8) is 0 Å². The molecule has 0 atom stereocenters.